The summed E-state index contributed by atoms with van der Waals surface area (Å²) < 4.78 is 5.10. The maximum atomic E-state index is 10.3. The maximum Gasteiger partial charge on any atom is 0.217 e. The number of rotatable bonds is 4. The summed E-state index contributed by atoms with van der Waals surface area (Å²) in [6.45, 7) is 0. The molecule has 58 valence electrons. The minimum Gasteiger partial charge on any atom is -0.370 e. The Labute approximate surface area is 59.7 Å². The van der Waals surface area contributed by atoms with Crippen LogP contribution in [0.15, 0.2) is 0 Å². The van der Waals surface area contributed by atoms with Crippen molar-refractivity contribution in [1.29, 1.82) is 0 Å². The minimum atomic E-state index is -0.259. The van der Waals surface area contributed by atoms with E-state index in [2.05, 4.69) is 5.32 Å². The van der Waals surface area contributed by atoms with Gasteiger partial charge in [0.1, 0.15) is 6.23 Å². The fourth-order valence-electron chi connectivity index (χ4n) is 0.901. The summed E-state index contributed by atoms with van der Waals surface area (Å²) in [5.41, 5.74) is 4.94. The Morgan fingerprint density at radius 1 is 1.80 bits per heavy atom. The Bertz CT molecular complexity index is 138. The average molecular weight is 144 g/mol. The van der Waals surface area contributed by atoms with Gasteiger partial charge in [0, 0.05) is 6.42 Å². The van der Waals surface area contributed by atoms with Crippen LogP contribution >= 0.6 is 0 Å². The van der Waals surface area contributed by atoms with Crippen molar-refractivity contribution < 1.29 is 9.53 Å². The smallest absolute Gasteiger partial charge is 0.217 e. The molecule has 0 spiro atoms. The van der Waals surface area contributed by atoms with Crippen LogP contribution in [-0.2, 0) is 9.53 Å². The van der Waals surface area contributed by atoms with Crippen LogP contribution in [0.4, 0.5) is 0 Å². The van der Waals surface area contributed by atoms with Gasteiger partial charge in [-0.2, -0.15) is 0 Å². The normalized spacial score (nSPS) is 30.1. The number of likely N-dealkylation sites (N-methyl/N-ethyl adjacent to an activating group) is 1. The number of primary amides is 1. The van der Waals surface area contributed by atoms with E-state index < -0.39 is 0 Å². The molecule has 4 heteroatoms. The first-order valence-electron chi connectivity index (χ1n) is 3.35. The first-order valence-corrected chi connectivity index (χ1v) is 3.35. The van der Waals surface area contributed by atoms with Gasteiger partial charge in [-0.3, -0.25) is 10.1 Å². The quantitative estimate of drug-likeness (QED) is 0.507. The fourth-order valence-corrected chi connectivity index (χ4v) is 0.901. The van der Waals surface area contributed by atoms with Crippen LogP contribution < -0.4 is 11.1 Å². The van der Waals surface area contributed by atoms with Gasteiger partial charge in [0.15, 0.2) is 0 Å². The zero-order valence-corrected chi connectivity index (χ0v) is 5.96. The molecule has 0 aromatic carbocycles. The zero-order chi connectivity index (χ0) is 7.56. The van der Waals surface area contributed by atoms with E-state index in [4.69, 9.17) is 10.5 Å². The second-order valence-corrected chi connectivity index (χ2v) is 2.39. The van der Waals surface area contributed by atoms with E-state index in [0.29, 0.717) is 6.42 Å². The van der Waals surface area contributed by atoms with E-state index in [1.807, 2.05) is 7.05 Å². The van der Waals surface area contributed by atoms with Crippen molar-refractivity contribution in [1.82, 2.24) is 5.32 Å². The van der Waals surface area contributed by atoms with Crippen molar-refractivity contribution in [2.24, 2.45) is 5.73 Å². The molecule has 0 aromatic rings. The first kappa shape index (κ1) is 7.50. The molecule has 1 aliphatic heterocycles. The fraction of sp³-hybridized carbons (Fsp3) is 0.833. The third-order valence-corrected chi connectivity index (χ3v) is 1.54. The Hall–Kier alpha value is -0.610. The molecule has 1 fully saturated rings. The maximum absolute atomic E-state index is 10.3. The number of carbonyl (C=O) groups is 1. The van der Waals surface area contributed by atoms with E-state index in [1.165, 1.54) is 0 Å². The number of hydrogen-bond donors (Lipinski definition) is 2. The van der Waals surface area contributed by atoms with Crippen molar-refractivity contribution in [2.75, 3.05) is 7.05 Å². The van der Waals surface area contributed by atoms with Gasteiger partial charge in [-0.15, -0.1) is 0 Å². The highest BCUT2D eigenvalue weighted by molar-refractivity contribution is 5.73. The van der Waals surface area contributed by atoms with Gasteiger partial charge in [-0.25, -0.2) is 0 Å². The van der Waals surface area contributed by atoms with Crippen LogP contribution in [0.2, 0.25) is 0 Å². The molecule has 1 amide bonds. The van der Waals surface area contributed by atoms with E-state index in [-0.39, 0.29) is 18.2 Å². The van der Waals surface area contributed by atoms with Crippen molar-refractivity contribution in [3.63, 3.8) is 0 Å². The number of nitrogens with two attached hydrogens (primary N) is 1. The second kappa shape index (κ2) is 2.98. The summed E-state index contributed by atoms with van der Waals surface area (Å²) in [5, 5.41) is 2.94. The molecule has 0 bridgehead atoms. The summed E-state index contributed by atoms with van der Waals surface area (Å²) in [4.78, 5) is 10.3. The second-order valence-electron chi connectivity index (χ2n) is 2.39. The standard InChI is InChI=1S/C6H12N2O2/c1-8-6-4(10-6)2-3-5(7)9/h4,6,8H,2-3H2,1H3,(H2,7,9)/t4?,6-/m1/s1. The van der Waals surface area contributed by atoms with Crippen LogP contribution in [0.3, 0.4) is 0 Å². The van der Waals surface area contributed by atoms with Crippen LogP contribution in [0.25, 0.3) is 0 Å². The van der Waals surface area contributed by atoms with Crippen LogP contribution in [0, 0.1) is 0 Å². The molecule has 0 aromatic heterocycles. The first-order chi connectivity index (χ1) is 4.74. The molecule has 3 N–H and O–H groups in total. The Balaban J connectivity index is 2.01. The summed E-state index contributed by atoms with van der Waals surface area (Å²) >= 11 is 0. The van der Waals surface area contributed by atoms with Gasteiger partial charge < -0.3 is 10.5 Å². The molecular weight excluding hydrogens is 132 g/mol. The Morgan fingerprint density at radius 3 is 2.90 bits per heavy atom. The molecule has 1 saturated heterocycles. The van der Waals surface area contributed by atoms with Crippen LogP contribution in [-0.4, -0.2) is 25.3 Å². The molecule has 1 heterocycles. The third-order valence-electron chi connectivity index (χ3n) is 1.54. The van der Waals surface area contributed by atoms with Crippen molar-refractivity contribution in [3.8, 4) is 0 Å². The lowest BCUT2D eigenvalue weighted by atomic mass is 10.2. The lowest BCUT2D eigenvalue weighted by Gasteiger charge is -1.89. The topological polar surface area (TPSA) is 67.7 Å². The highest BCUT2D eigenvalue weighted by Crippen LogP contribution is 2.22. The molecule has 0 saturated carbocycles. The molecule has 10 heavy (non-hydrogen) atoms. The van der Waals surface area contributed by atoms with E-state index in [1.54, 1.807) is 0 Å². The van der Waals surface area contributed by atoms with Crippen molar-refractivity contribution in [2.45, 2.75) is 25.2 Å². The highest BCUT2D eigenvalue weighted by atomic mass is 16.6. The minimum absolute atomic E-state index is 0.152. The largest absolute Gasteiger partial charge is 0.370 e. The lowest BCUT2D eigenvalue weighted by molar-refractivity contribution is -0.118. The molecular formula is C6H12N2O2. The van der Waals surface area contributed by atoms with Gasteiger partial charge in [0.25, 0.3) is 0 Å². The van der Waals surface area contributed by atoms with Crippen molar-refractivity contribution >= 4 is 5.91 Å². The average Bonchev–Trinajstić information content (AvgIpc) is 2.61. The van der Waals surface area contributed by atoms with Gasteiger partial charge in [-0.05, 0) is 13.5 Å². The van der Waals surface area contributed by atoms with Gasteiger partial charge in [0.2, 0.25) is 5.91 Å². The Morgan fingerprint density at radius 2 is 2.50 bits per heavy atom. The number of amides is 1. The molecule has 2 atom stereocenters. The van der Waals surface area contributed by atoms with E-state index in [0.717, 1.165) is 6.42 Å². The van der Waals surface area contributed by atoms with Gasteiger partial charge in [-0.1, -0.05) is 0 Å². The van der Waals surface area contributed by atoms with Crippen molar-refractivity contribution in [3.05, 3.63) is 0 Å². The number of epoxide rings is 1. The van der Waals surface area contributed by atoms with Crippen LogP contribution in [0.5, 0.6) is 0 Å². The molecule has 1 unspecified atom stereocenters. The monoisotopic (exact) mass is 144 g/mol. The SMILES string of the molecule is CN[C@@H]1OC1CCC(N)=O. The van der Waals surface area contributed by atoms with Crippen LogP contribution in [0.1, 0.15) is 12.8 Å². The predicted octanol–water partition coefficient (Wildman–Crippen LogP) is -0.804. The van der Waals surface area contributed by atoms with E-state index >= 15 is 0 Å². The predicted molar refractivity (Wildman–Crippen MR) is 36.1 cm³/mol. The lowest BCUT2D eigenvalue weighted by Crippen LogP contribution is -2.15. The number of carbonyl (C=O) groups excluding carboxylic acids is 1. The van der Waals surface area contributed by atoms with E-state index in [9.17, 15) is 4.79 Å². The molecule has 1 rings (SSSR count). The van der Waals surface area contributed by atoms with Gasteiger partial charge >= 0.3 is 0 Å². The number of hydrogen-bond acceptors (Lipinski definition) is 3. The molecule has 4 nitrogen and oxygen atoms in total. The molecule has 1 aliphatic rings. The van der Waals surface area contributed by atoms with Gasteiger partial charge in [0.05, 0.1) is 6.10 Å². The summed E-state index contributed by atoms with van der Waals surface area (Å²) in [7, 11) is 1.83. The summed E-state index contributed by atoms with van der Waals surface area (Å²) in [6.07, 6.45) is 1.51. The number of ether oxygens (including phenoxy) is 1. The zero-order valence-electron chi connectivity index (χ0n) is 5.96. The summed E-state index contributed by atoms with van der Waals surface area (Å²) in [6, 6.07) is 0. The highest BCUT2D eigenvalue weighted by Gasteiger charge is 2.36. The third kappa shape index (κ3) is 1.97. The summed E-state index contributed by atoms with van der Waals surface area (Å²) in [5.74, 6) is -0.259. The Kier molecular flexibility index (Phi) is 2.24. The molecule has 0 aliphatic carbocycles. The molecule has 0 radical (unpaired) electrons. The number of nitrogens with one attached hydrogen (secondary N) is 1.